The number of hydrogen-bond donors (Lipinski definition) is 1. The van der Waals surface area contributed by atoms with Crippen molar-refractivity contribution in [3.63, 3.8) is 0 Å². The van der Waals surface area contributed by atoms with Crippen molar-refractivity contribution in [2.75, 3.05) is 19.6 Å². The van der Waals surface area contributed by atoms with Crippen LogP contribution in [0.15, 0.2) is 30.3 Å². The molecule has 2 fully saturated rings. The highest BCUT2D eigenvalue weighted by Gasteiger charge is 2.30. The van der Waals surface area contributed by atoms with Gasteiger partial charge in [0.25, 0.3) is 0 Å². The van der Waals surface area contributed by atoms with E-state index in [4.69, 9.17) is 4.74 Å². The Morgan fingerprint density at radius 1 is 1.15 bits per heavy atom. The molecule has 0 radical (unpaired) electrons. The van der Waals surface area contributed by atoms with Gasteiger partial charge in [-0.2, -0.15) is 0 Å². The summed E-state index contributed by atoms with van der Waals surface area (Å²) in [7, 11) is 0. The highest BCUT2D eigenvalue weighted by Crippen LogP contribution is 2.26. The minimum atomic E-state index is -0.214. The third-order valence-electron chi connectivity index (χ3n) is 4.41. The Hall–Kier alpha value is -1.55. The van der Waals surface area contributed by atoms with Crippen LogP contribution in [0.1, 0.15) is 25.7 Å². The molecule has 0 spiro atoms. The predicted molar refractivity (Wildman–Crippen MR) is 77.8 cm³/mol. The number of likely N-dealkylation sites (tertiary alicyclic amines) is 1. The number of hydrogen-bond acceptors (Lipinski definition) is 3. The molecule has 1 aromatic rings. The summed E-state index contributed by atoms with van der Waals surface area (Å²) in [5.74, 6) is 1.34. The molecule has 20 heavy (non-hydrogen) atoms. The van der Waals surface area contributed by atoms with Gasteiger partial charge in [0.2, 0.25) is 0 Å². The van der Waals surface area contributed by atoms with E-state index in [9.17, 15) is 4.79 Å². The van der Waals surface area contributed by atoms with Crippen LogP contribution in [0.4, 0.5) is 4.79 Å². The lowest BCUT2D eigenvalue weighted by Gasteiger charge is -2.34. The third-order valence-corrected chi connectivity index (χ3v) is 4.41. The van der Waals surface area contributed by atoms with Crippen LogP contribution in [0.5, 0.6) is 5.75 Å². The van der Waals surface area contributed by atoms with Gasteiger partial charge in [-0.15, -0.1) is 0 Å². The molecule has 1 aromatic carbocycles. The van der Waals surface area contributed by atoms with Gasteiger partial charge in [-0.1, -0.05) is 18.2 Å². The smallest absolute Gasteiger partial charge is 0.410 e. The Labute approximate surface area is 120 Å². The van der Waals surface area contributed by atoms with Crippen LogP contribution < -0.4 is 10.1 Å². The van der Waals surface area contributed by atoms with Crippen molar-refractivity contribution >= 4 is 6.09 Å². The zero-order valence-corrected chi connectivity index (χ0v) is 11.8. The highest BCUT2D eigenvalue weighted by atomic mass is 16.6. The van der Waals surface area contributed by atoms with Crippen molar-refractivity contribution in [1.82, 2.24) is 10.2 Å². The van der Waals surface area contributed by atoms with Gasteiger partial charge < -0.3 is 15.0 Å². The van der Waals surface area contributed by atoms with Crippen molar-refractivity contribution in [2.24, 2.45) is 5.92 Å². The summed E-state index contributed by atoms with van der Waals surface area (Å²) in [6.45, 7) is 2.78. The maximum Gasteiger partial charge on any atom is 0.415 e. The molecule has 108 valence electrons. The van der Waals surface area contributed by atoms with E-state index in [2.05, 4.69) is 5.32 Å². The Balaban J connectivity index is 1.49. The number of nitrogens with zero attached hydrogens (tertiary/aromatic N) is 1. The summed E-state index contributed by atoms with van der Waals surface area (Å²) < 4.78 is 5.39. The molecule has 2 heterocycles. The molecule has 1 amide bonds. The van der Waals surface area contributed by atoms with Crippen molar-refractivity contribution < 1.29 is 9.53 Å². The lowest BCUT2D eigenvalue weighted by molar-refractivity contribution is 0.124. The molecule has 2 saturated heterocycles. The van der Waals surface area contributed by atoms with Crippen molar-refractivity contribution in [3.8, 4) is 5.75 Å². The Bertz CT molecular complexity index is 435. The Morgan fingerprint density at radius 2 is 1.90 bits per heavy atom. The number of carbonyl (C=O) groups excluding carboxylic acids is 1. The van der Waals surface area contributed by atoms with Crippen LogP contribution >= 0.6 is 0 Å². The molecule has 1 atom stereocenters. The number of rotatable bonds is 2. The fourth-order valence-corrected chi connectivity index (χ4v) is 3.25. The summed E-state index contributed by atoms with van der Waals surface area (Å²) in [5, 5.41) is 3.58. The van der Waals surface area contributed by atoms with E-state index in [-0.39, 0.29) is 6.09 Å². The van der Waals surface area contributed by atoms with Gasteiger partial charge in [0.15, 0.2) is 0 Å². The zero-order chi connectivity index (χ0) is 13.8. The standard InChI is InChI=1S/C16H22N2O2/c19-16(20-14-5-2-1-3-6-14)18-11-8-13(9-12-18)15-7-4-10-17-15/h1-3,5-6,13,15,17H,4,7-12H2. The van der Waals surface area contributed by atoms with E-state index >= 15 is 0 Å². The fraction of sp³-hybridized carbons (Fsp3) is 0.562. The summed E-state index contributed by atoms with van der Waals surface area (Å²) >= 11 is 0. The maximum atomic E-state index is 12.1. The van der Waals surface area contributed by atoms with E-state index in [1.54, 1.807) is 0 Å². The van der Waals surface area contributed by atoms with E-state index in [0.29, 0.717) is 11.8 Å². The number of ether oxygens (including phenoxy) is 1. The van der Waals surface area contributed by atoms with Crippen LogP contribution in [0.3, 0.4) is 0 Å². The number of nitrogens with one attached hydrogen (secondary N) is 1. The van der Waals surface area contributed by atoms with E-state index < -0.39 is 0 Å². The van der Waals surface area contributed by atoms with Gasteiger partial charge in [0.1, 0.15) is 5.75 Å². The number of benzene rings is 1. The van der Waals surface area contributed by atoms with Gasteiger partial charge in [-0.25, -0.2) is 4.79 Å². The molecular weight excluding hydrogens is 252 g/mol. The second kappa shape index (κ2) is 6.27. The topological polar surface area (TPSA) is 41.6 Å². The first-order chi connectivity index (χ1) is 9.83. The summed E-state index contributed by atoms with van der Waals surface area (Å²) in [6, 6.07) is 9.96. The minimum absolute atomic E-state index is 0.214. The predicted octanol–water partition coefficient (Wildman–Crippen LogP) is 2.65. The molecule has 0 saturated carbocycles. The third kappa shape index (κ3) is 3.12. The van der Waals surface area contributed by atoms with Gasteiger partial charge in [-0.05, 0) is 50.3 Å². The average Bonchev–Trinajstić information content (AvgIpc) is 3.03. The Morgan fingerprint density at radius 3 is 2.55 bits per heavy atom. The van der Waals surface area contributed by atoms with Crippen molar-refractivity contribution in [3.05, 3.63) is 30.3 Å². The number of para-hydroxylation sites is 1. The van der Waals surface area contributed by atoms with Crippen LogP contribution in [-0.2, 0) is 0 Å². The van der Waals surface area contributed by atoms with Gasteiger partial charge in [-0.3, -0.25) is 0 Å². The molecule has 0 bridgehead atoms. The van der Waals surface area contributed by atoms with Gasteiger partial charge >= 0.3 is 6.09 Å². The molecule has 2 aliphatic rings. The van der Waals surface area contributed by atoms with Crippen LogP contribution in [0, 0.1) is 5.92 Å². The van der Waals surface area contributed by atoms with Gasteiger partial charge in [0.05, 0.1) is 0 Å². The number of carbonyl (C=O) groups is 1. The Kier molecular flexibility index (Phi) is 4.21. The van der Waals surface area contributed by atoms with E-state index in [1.807, 2.05) is 35.2 Å². The molecule has 4 nitrogen and oxygen atoms in total. The van der Waals surface area contributed by atoms with Crippen molar-refractivity contribution in [1.29, 1.82) is 0 Å². The fourth-order valence-electron chi connectivity index (χ4n) is 3.25. The lowest BCUT2D eigenvalue weighted by Crippen LogP contribution is -2.44. The average molecular weight is 274 g/mol. The normalized spacial score (nSPS) is 23.8. The zero-order valence-electron chi connectivity index (χ0n) is 11.8. The molecule has 0 aliphatic carbocycles. The number of piperidine rings is 1. The molecule has 1 N–H and O–H groups in total. The largest absolute Gasteiger partial charge is 0.415 e. The monoisotopic (exact) mass is 274 g/mol. The van der Waals surface area contributed by atoms with Crippen LogP contribution in [-0.4, -0.2) is 36.7 Å². The van der Waals surface area contributed by atoms with Gasteiger partial charge in [0, 0.05) is 19.1 Å². The summed E-state index contributed by atoms with van der Waals surface area (Å²) in [6.07, 6.45) is 4.54. The second-order valence-electron chi connectivity index (χ2n) is 5.71. The summed E-state index contributed by atoms with van der Waals surface area (Å²) in [5.41, 5.74) is 0. The SMILES string of the molecule is O=C(Oc1ccccc1)N1CCC(C2CCCN2)CC1. The summed E-state index contributed by atoms with van der Waals surface area (Å²) in [4.78, 5) is 13.9. The quantitative estimate of drug-likeness (QED) is 0.901. The molecular formula is C16H22N2O2. The first-order valence-corrected chi connectivity index (χ1v) is 7.58. The molecule has 3 rings (SSSR count). The molecule has 0 aromatic heterocycles. The first-order valence-electron chi connectivity index (χ1n) is 7.58. The maximum absolute atomic E-state index is 12.1. The van der Waals surface area contributed by atoms with E-state index in [1.165, 1.54) is 12.8 Å². The molecule has 2 aliphatic heterocycles. The first kappa shape index (κ1) is 13.4. The van der Waals surface area contributed by atoms with Crippen LogP contribution in [0.2, 0.25) is 0 Å². The number of amides is 1. The minimum Gasteiger partial charge on any atom is -0.410 e. The molecule has 1 unspecified atom stereocenters. The highest BCUT2D eigenvalue weighted by molar-refractivity contribution is 5.70. The van der Waals surface area contributed by atoms with Crippen molar-refractivity contribution in [2.45, 2.75) is 31.7 Å². The van der Waals surface area contributed by atoms with Crippen LogP contribution in [0.25, 0.3) is 0 Å². The lowest BCUT2D eigenvalue weighted by atomic mass is 9.89. The molecule has 4 heteroatoms. The van der Waals surface area contributed by atoms with E-state index in [0.717, 1.165) is 38.4 Å². The second-order valence-corrected chi connectivity index (χ2v) is 5.71.